The van der Waals surface area contributed by atoms with Crippen LogP contribution in [0.25, 0.3) is 23.5 Å². The minimum Gasteiger partial charge on any atom is -0.477 e. The zero-order chi connectivity index (χ0) is 15.4. The predicted octanol–water partition coefficient (Wildman–Crippen LogP) is 3.47. The van der Waals surface area contributed by atoms with Crippen LogP contribution >= 0.6 is 11.3 Å². The van der Waals surface area contributed by atoms with E-state index in [0.717, 1.165) is 22.5 Å². The first-order valence-electron chi connectivity index (χ1n) is 6.47. The van der Waals surface area contributed by atoms with Crippen LogP contribution in [0.15, 0.2) is 48.9 Å². The van der Waals surface area contributed by atoms with Crippen molar-refractivity contribution >= 4 is 29.5 Å². The van der Waals surface area contributed by atoms with Crippen LogP contribution in [0.5, 0.6) is 0 Å². The van der Waals surface area contributed by atoms with Crippen LogP contribution in [0.1, 0.15) is 20.2 Å². The summed E-state index contributed by atoms with van der Waals surface area (Å²) in [5.74, 6) is -0.298. The average molecular weight is 309 g/mol. The van der Waals surface area contributed by atoms with E-state index in [1.165, 1.54) is 6.20 Å². The number of rotatable bonds is 4. The summed E-state index contributed by atoms with van der Waals surface area (Å²) in [6.07, 6.45) is 8.34. The zero-order valence-corrected chi connectivity index (χ0v) is 12.2. The third-order valence-electron chi connectivity index (χ3n) is 2.86. The van der Waals surface area contributed by atoms with E-state index in [2.05, 4.69) is 15.0 Å². The molecule has 108 valence electrons. The van der Waals surface area contributed by atoms with Crippen LogP contribution in [-0.2, 0) is 0 Å². The van der Waals surface area contributed by atoms with E-state index in [9.17, 15) is 4.79 Å². The van der Waals surface area contributed by atoms with Crippen LogP contribution < -0.4 is 0 Å². The van der Waals surface area contributed by atoms with E-state index >= 15 is 0 Å². The summed E-state index contributed by atoms with van der Waals surface area (Å²) in [6, 6.07) is 9.73. The monoisotopic (exact) mass is 309 g/mol. The predicted molar refractivity (Wildman–Crippen MR) is 85.5 cm³/mol. The molecule has 1 N–H and O–H groups in total. The molecule has 0 fully saturated rings. The Morgan fingerprint density at radius 1 is 1.00 bits per heavy atom. The first-order chi connectivity index (χ1) is 10.7. The molecule has 6 heteroatoms. The largest absolute Gasteiger partial charge is 0.477 e. The summed E-state index contributed by atoms with van der Waals surface area (Å²) in [7, 11) is 0. The number of aromatic nitrogens is 3. The van der Waals surface area contributed by atoms with Crippen molar-refractivity contribution in [1.82, 2.24) is 15.0 Å². The molecule has 0 radical (unpaired) electrons. The standard InChI is InChI=1S/C16H11N3O2S/c20-16(21)13-10-17-14(22-13)7-6-11-8-18-15(19-9-11)12-4-2-1-3-5-12/h1-10H,(H,20,21)/b7-6-. The Kier molecular flexibility index (Phi) is 4.02. The molecule has 0 spiro atoms. The highest BCUT2D eigenvalue weighted by Crippen LogP contribution is 2.17. The third-order valence-corrected chi connectivity index (χ3v) is 3.81. The molecule has 5 nitrogen and oxygen atoms in total. The van der Waals surface area contributed by atoms with Gasteiger partial charge in [-0.2, -0.15) is 0 Å². The molecule has 0 atom stereocenters. The maximum atomic E-state index is 10.8. The molecule has 0 unspecified atom stereocenters. The Morgan fingerprint density at radius 2 is 1.73 bits per heavy atom. The van der Waals surface area contributed by atoms with E-state index < -0.39 is 5.97 Å². The van der Waals surface area contributed by atoms with Gasteiger partial charge in [0.15, 0.2) is 5.82 Å². The number of hydrogen-bond donors (Lipinski definition) is 1. The molecule has 3 rings (SSSR count). The lowest BCUT2D eigenvalue weighted by molar-refractivity contribution is 0.0702. The van der Waals surface area contributed by atoms with E-state index in [0.29, 0.717) is 10.8 Å². The minimum absolute atomic E-state index is 0.218. The van der Waals surface area contributed by atoms with Crippen molar-refractivity contribution in [2.45, 2.75) is 0 Å². The Hall–Kier alpha value is -2.86. The lowest BCUT2D eigenvalue weighted by atomic mass is 10.2. The quantitative estimate of drug-likeness (QED) is 0.798. The van der Waals surface area contributed by atoms with Crippen molar-refractivity contribution in [3.63, 3.8) is 0 Å². The number of benzene rings is 1. The summed E-state index contributed by atoms with van der Waals surface area (Å²) in [5.41, 5.74) is 1.79. The molecular weight excluding hydrogens is 298 g/mol. The third kappa shape index (κ3) is 3.24. The molecule has 0 bridgehead atoms. The smallest absolute Gasteiger partial charge is 0.347 e. The van der Waals surface area contributed by atoms with Crippen molar-refractivity contribution in [2.75, 3.05) is 0 Å². The van der Waals surface area contributed by atoms with Crippen LogP contribution in [0.3, 0.4) is 0 Å². The van der Waals surface area contributed by atoms with Crippen molar-refractivity contribution in [3.8, 4) is 11.4 Å². The van der Waals surface area contributed by atoms with Gasteiger partial charge in [0.2, 0.25) is 0 Å². The summed E-state index contributed by atoms with van der Waals surface area (Å²) in [6.45, 7) is 0. The van der Waals surface area contributed by atoms with Gasteiger partial charge in [0.1, 0.15) is 9.88 Å². The topological polar surface area (TPSA) is 76.0 Å². The Balaban J connectivity index is 1.75. The second kappa shape index (κ2) is 6.28. The van der Waals surface area contributed by atoms with Gasteiger partial charge in [-0.3, -0.25) is 0 Å². The van der Waals surface area contributed by atoms with Gasteiger partial charge in [0.05, 0.1) is 6.20 Å². The summed E-state index contributed by atoms with van der Waals surface area (Å²) in [4.78, 5) is 23.7. The number of nitrogens with zero attached hydrogens (tertiary/aromatic N) is 3. The lowest BCUT2D eigenvalue weighted by Crippen LogP contribution is -1.89. The Labute approximate surface area is 130 Å². The minimum atomic E-state index is -0.965. The van der Waals surface area contributed by atoms with Gasteiger partial charge in [-0.15, -0.1) is 11.3 Å². The molecule has 0 amide bonds. The Bertz CT molecular complexity index is 811. The number of hydrogen-bond acceptors (Lipinski definition) is 5. The maximum Gasteiger partial charge on any atom is 0.347 e. The molecule has 0 saturated heterocycles. The SMILES string of the molecule is O=C(O)c1cnc(/C=C\c2cnc(-c3ccccc3)nc2)s1. The normalized spacial score (nSPS) is 10.9. The molecule has 2 aromatic heterocycles. The summed E-state index contributed by atoms with van der Waals surface area (Å²) >= 11 is 1.12. The first kappa shape index (κ1) is 14.1. The molecule has 2 heterocycles. The van der Waals surface area contributed by atoms with Gasteiger partial charge < -0.3 is 5.11 Å². The van der Waals surface area contributed by atoms with Crippen molar-refractivity contribution in [2.24, 2.45) is 0 Å². The van der Waals surface area contributed by atoms with Crippen molar-refractivity contribution in [1.29, 1.82) is 0 Å². The fraction of sp³-hybridized carbons (Fsp3) is 0. The maximum absolute atomic E-state index is 10.8. The van der Waals surface area contributed by atoms with E-state index in [4.69, 9.17) is 5.11 Å². The first-order valence-corrected chi connectivity index (χ1v) is 7.29. The average Bonchev–Trinajstić information content (AvgIpc) is 3.04. The van der Waals surface area contributed by atoms with Gasteiger partial charge in [-0.1, -0.05) is 30.3 Å². The van der Waals surface area contributed by atoms with Crippen molar-refractivity contribution in [3.05, 3.63) is 64.4 Å². The summed E-state index contributed by atoms with van der Waals surface area (Å²) in [5, 5.41) is 9.48. The Morgan fingerprint density at radius 3 is 2.36 bits per heavy atom. The van der Waals surface area contributed by atoms with Gasteiger partial charge in [-0.05, 0) is 12.2 Å². The van der Waals surface area contributed by atoms with E-state index in [1.54, 1.807) is 24.5 Å². The van der Waals surface area contributed by atoms with Gasteiger partial charge in [-0.25, -0.2) is 19.7 Å². The van der Waals surface area contributed by atoms with Gasteiger partial charge in [0.25, 0.3) is 0 Å². The molecule has 3 aromatic rings. The number of carboxylic acids is 1. The number of carbonyl (C=O) groups is 1. The number of aromatic carboxylic acids is 1. The molecule has 0 aliphatic rings. The van der Waals surface area contributed by atoms with Crippen LogP contribution in [0.4, 0.5) is 0 Å². The van der Waals surface area contributed by atoms with E-state index in [1.807, 2.05) is 30.3 Å². The number of thiazole rings is 1. The molecule has 22 heavy (non-hydrogen) atoms. The van der Waals surface area contributed by atoms with Crippen LogP contribution in [0, 0.1) is 0 Å². The van der Waals surface area contributed by atoms with Gasteiger partial charge >= 0.3 is 5.97 Å². The zero-order valence-electron chi connectivity index (χ0n) is 11.4. The van der Waals surface area contributed by atoms with Crippen LogP contribution in [0.2, 0.25) is 0 Å². The highest BCUT2D eigenvalue weighted by Gasteiger charge is 2.06. The second-order valence-electron chi connectivity index (χ2n) is 4.41. The van der Waals surface area contributed by atoms with Gasteiger partial charge in [0, 0.05) is 23.5 Å². The van der Waals surface area contributed by atoms with Crippen molar-refractivity contribution < 1.29 is 9.90 Å². The fourth-order valence-corrected chi connectivity index (χ4v) is 2.45. The molecular formula is C16H11N3O2S. The number of carboxylic acid groups (broad SMARTS) is 1. The molecule has 0 aliphatic carbocycles. The summed E-state index contributed by atoms with van der Waals surface area (Å²) < 4.78 is 0. The highest BCUT2D eigenvalue weighted by atomic mass is 32.1. The fourth-order valence-electron chi connectivity index (χ4n) is 1.79. The lowest BCUT2D eigenvalue weighted by Gasteiger charge is -1.99. The van der Waals surface area contributed by atoms with E-state index in [-0.39, 0.29) is 4.88 Å². The molecule has 1 aromatic carbocycles. The highest BCUT2D eigenvalue weighted by molar-refractivity contribution is 7.14. The molecule has 0 aliphatic heterocycles. The molecule has 0 saturated carbocycles. The van der Waals surface area contributed by atoms with Crippen LogP contribution in [-0.4, -0.2) is 26.0 Å². The second-order valence-corrected chi connectivity index (χ2v) is 5.47.